The van der Waals surface area contributed by atoms with Crippen LogP contribution in [0.3, 0.4) is 0 Å². The normalized spacial score (nSPS) is 23.7. The van der Waals surface area contributed by atoms with Crippen LogP contribution in [0.2, 0.25) is 0 Å². The standard InChI is InChI=1S/C13H18FN3O/c14-10-5-6-12(16-8-10)13(18)17-11-4-2-1-3-9(11)7-15/h5-6,8-9,11H,1-4,7,15H2,(H,17,18). The van der Waals surface area contributed by atoms with E-state index in [2.05, 4.69) is 10.3 Å². The maximum atomic E-state index is 12.7. The third-order valence-electron chi connectivity index (χ3n) is 3.49. The molecule has 5 heteroatoms. The molecule has 0 spiro atoms. The van der Waals surface area contributed by atoms with Crippen molar-refractivity contribution in [3.63, 3.8) is 0 Å². The van der Waals surface area contributed by atoms with Gasteiger partial charge in [-0.3, -0.25) is 4.79 Å². The van der Waals surface area contributed by atoms with E-state index in [4.69, 9.17) is 5.73 Å². The maximum Gasteiger partial charge on any atom is 0.270 e. The summed E-state index contributed by atoms with van der Waals surface area (Å²) >= 11 is 0. The lowest BCUT2D eigenvalue weighted by Gasteiger charge is -2.31. The summed E-state index contributed by atoms with van der Waals surface area (Å²) in [6, 6.07) is 2.75. The summed E-state index contributed by atoms with van der Waals surface area (Å²) in [6.45, 7) is 0.585. The van der Waals surface area contributed by atoms with Crippen LogP contribution in [0.5, 0.6) is 0 Å². The highest BCUT2D eigenvalue weighted by atomic mass is 19.1. The zero-order valence-corrected chi connectivity index (χ0v) is 10.2. The number of carbonyl (C=O) groups excluding carboxylic acids is 1. The first-order chi connectivity index (χ1) is 8.70. The van der Waals surface area contributed by atoms with E-state index < -0.39 is 5.82 Å². The van der Waals surface area contributed by atoms with E-state index >= 15 is 0 Å². The molecule has 2 rings (SSSR count). The number of aromatic nitrogens is 1. The van der Waals surface area contributed by atoms with E-state index in [1.54, 1.807) is 0 Å². The van der Waals surface area contributed by atoms with E-state index in [1.165, 1.54) is 18.6 Å². The molecule has 0 saturated heterocycles. The topological polar surface area (TPSA) is 68.0 Å². The molecule has 1 aliphatic rings. The highest BCUT2D eigenvalue weighted by Crippen LogP contribution is 2.23. The number of rotatable bonds is 3. The Hall–Kier alpha value is -1.49. The second-order valence-electron chi connectivity index (χ2n) is 4.72. The molecule has 2 atom stereocenters. The second-order valence-corrected chi connectivity index (χ2v) is 4.72. The molecule has 0 aliphatic heterocycles. The fraction of sp³-hybridized carbons (Fsp3) is 0.538. The number of carbonyl (C=O) groups is 1. The van der Waals surface area contributed by atoms with Gasteiger partial charge in [-0.15, -0.1) is 0 Å². The maximum absolute atomic E-state index is 12.7. The molecule has 2 unspecified atom stereocenters. The molecule has 1 heterocycles. The van der Waals surface area contributed by atoms with Gasteiger partial charge in [0.2, 0.25) is 0 Å². The average Bonchev–Trinajstić information content (AvgIpc) is 2.40. The van der Waals surface area contributed by atoms with Crippen molar-refractivity contribution < 1.29 is 9.18 Å². The minimum atomic E-state index is -0.441. The van der Waals surface area contributed by atoms with Crippen LogP contribution >= 0.6 is 0 Å². The number of amides is 1. The zero-order chi connectivity index (χ0) is 13.0. The quantitative estimate of drug-likeness (QED) is 0.854. The Balaban J connectivity index is 1.99. The predicted octanol–water partition coefficient (Wildman–Crippen LogP) is 1.47. The predicted molar refractivity (Wildman–Crippen MR) is 66.5 cm³/mol. The van der Waals surface area contributed by atoms with Crippen LogP contribution in [0, 0.1) is 11.7 Å². The van der Waals surface area contributed by atoms with Crippen LogP contribution in [0.15, 0.2) is 18.3 Å². The summed E-state index contributed by atoms with van der Waals surface area (Å²) in [5, 5.41) is 2.95. The first kappa shape index (κ1) is 13.0. The van der Waals surface area contributed by atoms with Crippen molar-refractivity contribution in [2.24, 2.45) is 11.7 Å². The summed E-state index contributed by atoms with van der Waals surface area (Å²) in [4.78, 5) is 15.7. The molecule has 0 radical (unpaired) electrons. The second kappa shape index (κ2) is 5.91. The molecule has 1 fully saturated rings. The van der Waals surface area contributed by atoms with Gasteiger partial charge in [-0.1, -0.05) is 12.8 Å². The summed E-state index contributed by atoms with van der Waals surface area (Å²) in [7, 11) is 0. The van der Waals surface area contributed by atoms with Crippen LogP contribution < -0.4 is 11.1 Å². The average molecular weight is 251 g/mol. The van der Waals surface area contributed by atoms with E-state index in [-0.39, 0.29) is 17.6 Å². The van der Waals surface area contributed by atoms with Gasteiger partial charge in [-0.05, 0) is 37.4 Å². The van der Waals surface area contributed by atoms with E-state index in [0.717, 1.165) is 25.5 Å². The van der Waals surface area contributed by atoms with Crippen LogP contribution in [-0.4, -0.2) is 23.5 Å². The third kappa shape index (κ3) is 3.04. The lowest BCUT2D eigenvalue weighted by Crippen LogP contribution is -2.44. The Morgan fingerprint density at radius 2 is 2.22 bits per heavy atom. The van der Waals surface area contributed by atoms with Gasteiger partial charge in [0.15, 0.2) is 0 Å². The number of nitrogens with one attached hydrogen (secondary N) is 1. The van der Waals surface area contributed by atoms with Gasteiger partial charge in [0.1, 0.15) is 11.5 Å². The number of halogens is 1. The largest absolute Gasteiger partial charge is 0.348 e. The molecule has 1 amide bonds. The molecule has 1 aromatic heterocycles. The Labute approximate surface area is 106 Å². The van der Waals surface area contributed by atoms with E-state index in [0.29, 0.717) is 12.5 Å². The number of nitrogens with zero attached hydrogens (tertiary/aromatic N) is 1. The van der Waals surface area contributed by atoms with Crippen molar-refractivity contribution in [3.8, 4) is 0 Å². The Morgan fingerprint density at radius 3 is 2.89 bits per heavy atom. The summed E-state index contributed by atoms with van der Waals surface area (Å²) in [5.41, 5.74) is 5.96. The van der Waals surface area contributed by atoms with Crippen LogP contribution in [0.4, 0.5) is 4.39 Å². The van der Waals surface area contributed by atoms with Crippen molar-refractivity contribution in [2.75, 3.05) is 6.54 Å². The highest BCUT2D eigenvalue weighted by Gasteiger charge is 2.25. The van der Waals surface area contributed by atoms with Crippen LogP contribution in [0.1, 0.15) is 36.2 Å². The van der Waals surface area contributed by atoms with Crippen molar-refractivity contribution >= 4 is 5.91 Å². The van der Waals surface area contributed by atoms with Gasteiger partial charge >= 0.3 is 0 Å². The minimum Gasteiger partial charge on any atom is -0.348 e. The molecule has 18 heavy (non-hydrogen) atoms. The fourth-order valence-electron chi connectivity index (χ4n) is 2.43. The molecule has 1 aromatic rings. The summed E-state index contributed by atoms with van der Waals surface area (Å²) < 4.78 is 12.7. The number of nitrogens with two attached hydrogens (primary N) is 1. The third-order valence-corrected chi connectivity index (χ3v) is 3.49. The Morgan fingerprint density at radius 1 is 1.44 bits per heavy atom. The van der Waals surface area contributed by atoms with Crippen molar-refractivity contribution in [1.29, 1.82) is 0 Å². The Bertz CT molecular complexity index is 407. The number of hydrogen-bond acceptors (Lipinski definition) is 3. The molecule has 1 aliphatic carbocycles. The highest BCUT2D eigenvalue weighted by molar-refractivity contribution is 5.92. The first-order valence-electron chi connectivity index (χ1n) is 6.33. The molecule has 0 aromatic carbocycles. The number of hydrogen-bond donors (Lipinski definition) is 2. The van der Waals surface area contributed by atoms with Gasteiger partial charge in [-0.2, -0.15) is 0 Å². The minimum absolute atomic E-state index is 0.114. The molecule has 0 bridgehead atoms. The first-order valence-corrected chi connectivity index (χ1v) is 6.33. The van der Waals surface area contributed by atoms with Gasteiger partial charge < -0.3 is 11.1 Å². The van der Waals surface area contributed by atoms with Gasteiger partial charge in [0.05, 0.1) is 6.20 Å². The van der Waals surface area contributed by atoms with Crippen LogP contribution in [-0.2, 0) is 0 Å². The van der Waals surface area contributed by atoms with Crippen molar-refractivity contribution in [2.45, 2.75) is 31.7 Å². The fourth-order valence-corrected chi connectivity index (χ4v) is 2.43. The smallest absolute Gasteiger partial charge is 0.270 e. The zero-order valence-electron chi connectivity index (χ0n) is 10.2. The molecular formula is C13H18FN3O. The van der Waals surface area contributed by atoms with Gasteiger partial charge in [0, 0.05) is 6.04 Å². The van der Waals surface area contributed by atoms with Gasteiger partial charge in [-0.25, -0.2) is 9.37 Å². The summed E-state index contributed by atoms with van der Waals surface area (Å²) in [6.07, 6.45) is 5.34. The molecule has 1 saturated carbocycles. The van der Waals surface area contributed by atoms with Crippen LogP contribution in [0.25, 0.3) is 0 Å². The molecule has 3 N–H and O–H groups in total. The Kier molecular flexibility index (Phi) is 4.25. The molecule has 98 valence electrons. The van der Waals surface area contributed by atoms with Crippen molar-refractivity contribution in [1.82, 2.24) is 10.3 Å². The molecule has 4 nitrogen and oxygen atoms in total. The van der Waals surface area contributed by atoms with E-state index in [1.807, 2.05) is 0 Å². The SMILES string of the molecule is NCC1CCCCC1NC(=O)c1ccc(F)cn1. The monoisotopic (exact) mass is 251 g/mol. The summed E-state index contributed by atoms with van der Waals surface area (Å²) in [5.74, 6) is -0.354. The van der Waals surface area contributed by atoms with E-state index in [9.17, 15) is 9.18 Å². The number of pyridine rings is 1. The van der Waals surface area contributed by atoms with Gasteiger partial charge in [0.25, 0.3) is 5.91 Å². The lowest BCUT2D eigenvalue weighted by atomic mass is 9.84. The molecular weight excluding hydrogens is 233 g/mol. The van der Waals surface area contributed by atoms with Crippen molar-refractivity contribution in [3.05, 3.63) is 29.8 Å². The lowest BCUT2D eigenvalue weighted by molar-refractivity contribution is 0.0903.